The minimum absolute atomic E-state index is 0.210. The van der Waals surface area contributed by atoms with Crippen molar-refractivity contribution in [2.75, 3.05) is 6.61 Å². The van der Waals surface area contributed by atoms with E-state index in [2.05, 4.69) is 29.8 Å². The molecule has 0 amide bonds. The fourth-order valence-electron chi connectivity index (χ4n) is 2.70. The van der Waals surface area contributed by atoms with Crippen LogP contribution in [0.3, 0.4) is 0 Å². The van der Waals surface area contributed by atoms with Crippen LogP contribution in [0, 0.1) is 6.92 Å². The molecule has 3 aromatic rings. The number of hydrogen-bond acceptors (Lipinski definition) is 5. The lowest BCUT2D eigenvalue weighted by molar-refractivity contribution is 0.0787. The second-order valence-electron chi connectivity index (χ2n) is 8.09. The summed E-state index contributed by atoms with van der Waals surface area (Å²) in [5, 5.41) is 9.55. The van der Waals surface area contributed by atoms with Crippen molar-refractivity contribution in [3.05, 3.63) is 34.7 Å². The third kappa shape index (κ3) is 4.57. The molecule has 9 heteroatoms. The Kier molecular flexibility index (Phi) is 5.71. The third-order valence-corrected chi connectivity index (χ3v) is 6.48. The highest BCUT2D eigenvalue weighted by Crippen LogP contribution is 2.28. The number of aryl methyl sites for hydroxylation is 1. The Balaban J connectivity index is 1.85. The van der Waals surface area contributed by atoms with Crippen LogP contribution in [0.5, 0.6) is 0 Å². The molecule has 0 aliphatic carbocycles. The molecule has 0 spiro atoms. The van der Waals surface area contributed by atoms with Crippen molar-refractivity contribution in [2.45, 2.75) is 52.3 Å². The van der Waals surface area contributed by atoms with Crippen LogP contribution in [-0.4, -0.2) is 39.1 Å². The van der Waals surface area contributed by atoms with Gasteiger partial charge in [-0.05, 0) is 26.0 Å². The Labute approximate surface area is 165 Å². The summed E-state index contributed by atoms with van der Waals surface area (Å²) in [5.74, 6) is 0. The lowest BCUT2D eigenvalue weighted by Gasteiger charge is -2.15. The molecule has 0 unspecified atom stereocenters. The van der Waals surface area contributed by atoms with Gasteiger partial charge >= 0.3 is 0 Å². The van der Waals surface area contributed by atoms with Crippen LogP contribution in [0.4, 0.5) is 0 Å². The third-order valence-electron chi connectivity index (χ3n) is 4.34. The Morgan fingerprint density at radius 2 is 2.04 bits per heavy atom. The van der Waals surface area contributed by atoms with Crippen LogP contribution < -0.4 is 5.73 Å². The highest BCUT2D eigenvalue weighted by Gasteiger charge is 2.18. The van der Waals surface area contributed by atoms with E-state index in [0.29, 0.717) is 17.4 Å². The van der Waals surface area contributed by atoms with E-state index in [4.69, 9.17) is 27.1 Å². The van der Waals surface area contributed by atoms with Crippen molar-refractivity contribution in [1.82, 2.24) is 24.4 Å². The van der Waals surface area contributed by atoms with Crippen LogP contribution in [-0.2, 0) is 11.5 Å². The average Bonchev–Trinajstić information content (AvgIpc) is 3.15. The van der Waals surface area contributed by atoms with Crippen molar-refractivity contribution >= 4 is 25.3 Å². The van der Waals surface area contributed by atoms with Gasteiger partial charge in [-0.25, -0.2) is 14.2 Å². The van der Waals surface area contributed by atoms with E-state index in [0.717, 1.165) is 35.3 Å². The molecule has 27 heavy (non-hydrogen) atoms. The van der Waals surface area contributed by atoms with Crippen molar-refractivity contribution in [2.24, 2.45) is 5.73 Å². The van der Waals surface area contributed by atoms with Gasteiger partial charge < -0.3 is 10.5 Å². The summed E-state index contributed by atoms with van der Waals surface area (Å²) in [6.07, 6.45) is 3.77. The number of hydrogen-bond donors (Lipinski definition) is 1. The predicted octanol–water partition coefficient (Wildman–Crippen LogP) is 3.89. The lowest BCUT2D eigenvalue weighted by Crippen LogP contribution is -2.22. The zero-order chi connectivity index (χ0) is 19.8. The van der Waals surface area contributed by atoms with Crippen molar-refractivity contribution in [1.29, 1.82) is 0 Å². The van der Waals surface area contributed by atoms with Gasteiger partial charge in [-0.1, -0.05) is 31.2 Å². The zero-order valence-electron chi connectivity index (χ0n) is 16.5. The SMILES string of the molecule is Cc1nn2cc([C@H](C)N)c(-c3ccn(COCC[Si](C)(C)C)n3)nc2c1Cl. The molecule has 1 atom stereocenters. The molecule has 0 radical (unpaired) electrons. The van der Waals surface area contributed by atoms with E-state index in [1.807, 2.05) is 32.3 Å². The molecule has 0 bridgehead atoms. The van der Waals surface area contributed by atoms with Crippen molar-refractivity contribution in [3.8, 4) is 11.4 Å². The minimum atomic E-state index is -1.09. The highest BCUT2D eigenvalue weighted by atomic mass is 35.5. The maximum atomic E-state index is 6.34. The summed E-state index contributed by atoms with van der Waals surface area (Å²) in [5.41, 5.74) is 9.84. The summed E-state index contributed by atoms with van der Waals surface area (Å²) in [7, 11) is -1.09. The molecule has 0 saturated heterocycles. The van der Waals surface area contributed by atoms with E-state index in [9.17, 15) is 0 Å². The maximum Gasteiger partial charge on any atom is 0.174 e. The van der Waals surface area contributed by atoms with Gasteiger partial charge in [0.2, 0.25) is 0 Å². The van der Waals surface area contributed by atoms with Gasteiger partial charge in [0.05, 0.1) is 11.4 Å². The average molecular weight is 407 g/mol. The van der Waals surface area contributed by atoms with Crippen molar-refractivity contribution < 1.29 is 4.74 Å². The maximum absolute atomic E-state index is 6.34. The Hall–Kier alpha value is -1.74. The molecule has 146 valence electrons. The number of rotatable bonds is 7. The van der Waals surface area contributed by atoms with Crippen LogP contribution in [0.15, 0.2) is 18.5 Å². The summed E-state index contributed by atoms with van der Waals surface area (Å²) < 4.78 is 9.22. The molecule has 0 aromatic carbocycles. The van der Waals surface area contributed by atoms with Gasteiger partial charge in [-0.3, -0.25) is 0 Å². The first-order chi connectivity index (χ1) is 12.7. The number of nitrogens with two attached hydrogens (primary N) is 1. The molecule has 0 fully saturated rings. The van der Waals surface area contributed by atoms with E-state index in [1.54, 1.807) is 9.20 Å². The topological polar surface area (TPSA) is 83.3 Å². The van der Waals surface area contributed by atoms with Gasteiger partial charge in [-0.2, -0.15) is 10.2 Å². The van der Waals surface area contributed by atoms with Gasteiger partial charge in [-0.15, -0.1) is 0 Å². The molecular formula is C18H27ClN6OSi. The number of halogens is 1. The van der Waals surface area contributed by atoms with Crippen LogP contribution in [0.25, 0.3) is 17.0 Å². The first kappa shape index (κ1) is 20.0. The van der Waals surface area contributed by atoms with E-state index in [1.165, 1.54) is 0 Å². The summed E-state index contributed by atoms with van der Waals surface area (Å²) in [6, 6.07) is 2.84. The predicted molar refractivity (Wildman–Crippen MR) is 111 cm³/mol. The summed E-state index contributed by atoms with van der Waals surface area (Å²) >= 11 is 6.34. The molecule has 3 rings (SSSR count). The van der Waals surface area contributed by atoms with Gasteiger partial charge in [0.25, 0.3) is 0 Å². The fourth-order valence-corrected chi connectivity index (χ4v) is 3.63. The first-order valence-electron chi connectivity index (χ1n) is 9.08. The number of nitrogens with zero attached hydrogens (tertiary/aromatic N) is 5. The molecule has 0 saturated carbocycles. The molecule has 2 N–H and O–H groups in total. The van der Waals surface area contributed by atoms with Gasteiger partial charge in [0.15, 0.2) is 5.65 Å². The quantitative estimate of drug-likeness (QED) is 0.475. The minimum Gasteiger partial charge on any atom is -0.360 e. The molecule has 3 heterocycles. The fraction of sp³-hybridized carbons (Fsp3) is 0.500. The number of aromatic nitrogens is 5. The van der Waals surface area contributed by atoms with Crippen LogP contribution >= 0.6 is 11.6 Å². The molecule has 3 aromatic heterocycles. The summed E-state index contributed by atoms with van der Waals surface area (Å²) in [4.78, 5) is 4.71. The van der Waals surface area contributed by atoms with E-state index >= 15 is 0 Å². The molecule has 0 aliphatic heterocycles. The van der Waals surface area contributed by atoms with Gasteiger partial charge in [0.1, 0.15) is 17.4 Å². The normalized spacial score (nSPS) is 13.4. The monoisotopic (exact) mass is 406 g/mol. The second kappa shape index (κ2) is 7.71. The summed E-state index contributed by atoms with van der Waals surface area (Å²) in [6.45, 7) is 12.0. The van der Waals surface area contributed by atoms with Gasteiger partial charge in [0, 0.05) is 38.7 Å². The Morgan fingerprint density at radius 1 is 1.30 bits per heavy atom. The Morgan fingerprint density at radius 3 is 2.70 bits per heavy atom. The number of fused-ring (bicyclic) bond motifs is 1. The zero-order valence-corrected chi connectivity index (χ0v) is 18.3. The lowest BCUT2D eigenvalue weighted by atomic mass is 10.1. The van der Waals surface area contributed by atoms with Crippen LogP contribution in [0.1, 0.15) is 24.2 Å². The molecule has 0 aliphatic rings. The molecule has 7 nitrogen and oxygen atoms in total. The van der Waals surface area contributed by atoms with Crippen LogP contribution in [0.2, 0.25) is 30.7 Å². The molecular weight excluding hydrogens is 380 g/mol. The smallest absolute Gasteiger partial charge is 0.174 e. The van der Waals surface area contributed by atoms with E-state index in [-0.39, 0.29) is 6.04 Å². The van der Waals surface area contributed by atoms with E-state index < -0.39 is 8.07 Å². The Bertz CT molecular complexity index is 943. The second-order valence-corrected chi connectivity index (χ2v) is 14.1. The first-order valence-corrected chi connectivity index (χ1v) is 13.2. The standard InChI is InChI=1S/C18H27ClN6OSi/c1-12(20)14-10-25-18(16(19)13(2)22-25)21-17(14)15-6-7-24(23-15)11-26-8-9-27(3,4)5/h6-7,10,12H,8-9,11,20H2,1-5H3/t12-/m0/s1. The van der Waals surface area contributed by atoms with Crippen molar-refractivity contribution in [3.63, 3.8) is 0 Å². The largest absolute Gasteiger partial charge is 0.360 e. The number of ether oxygens (including phenoxy) is 1. The highest BCUT2D eigenvalue weighted by molar-refractivity contribution is 6.76.